The van der Waals surface area contributed by atoms with Crippen molar-refractivity contribution in [3.63, 3.8) is 0 Å². The van der Waals surface area contributed by atoms with Crippen molar-refractivity contribution >= 4 is 0 Å². The van der Waals surface area contributed by atoms with Crippen molar-refractivity contribution in [2.45, 2.75) is 39.7 Å². The Bertz CT molecular complexity index is 203. The van der Waals surface area contributed by atoms with E-state index in [1.54, 1.807) is 0 Å². The highest BCUT2D eigenvalue weighted by molar-refractivity contribution is 4.91. The second-order valence-electron chi connectivity index (χ2n) is 5.12. The number of nitrogens with one attached hydrogen (secondary N) is 1. The van der Waals surface area contributed by atoms with Crippen molar-refractivity contribution in [2.24, 2.45) is 5.41 Å². The Kier molecular flexibility index (Phi) is 6.55. The molecule has 88 valence electrons. The Morgan fingerprint density at radius 1 is 1.40 bits per heavy atom. The van der Waals surface area contributed by atoms with Gasteiger partial charge in [-0.25, -0.2) is 0 Å². The van der Waals surface area contributed by atoms with Gasteiger partial charge in [-0.05, 0) is 54.3 Å². The summed E-state index contributed by atoms with van der Waals surface area (Å²) in [6, 6.07) is 2.89. The first-order valence-electron chi connectivity index (χ1n) is 5.67. The Morgan fingerprint density at radius 2 is 2.00 bits per heavy atom. The monoisotopic (exact) mass is 211 g/mol. The number of hydrogen-bond acceptors (Lipinski definition) is 3. The number of rotatable bonds is 7. The van der Waals surface area contributed by atoms with E-state index in [1.165, 1.54) is 0 Å². The van der Waals surface area contributed by atoms with Crippen LogP contribution in [0.15, 0.2) is 0 Å². The molecule has 0 aromatic heterocycles. The van der Waals surface area contributed by atoms with Crippen LogP contribution in [0.25, 0.3) is 0 Å². The van der Waals surface area contributed by atoms with Crippen LogP contribution in [0.5, 0.6) is 0 Å². The van der Waals surface area contributed by atoms with Crippen LogP contribution in [0, 0.1) is 16.7 Å². The van der Waals surface area contributed by atoms with Gasteiger partial charge in [0.15, 0.2) is 0 Å². The average molecular weight is 211 g/mol. The predicted octanol–water partition coefficient (Wildman–Crippen LogP) is 1.86. The first-order valence-corrected chi connectivity index (χ1v) is 5.67. The third kappa shape index (κ3) is 7.35. The van der Waals surface area contributed by atoms with Gasteiger partial charge in [0.1, 0.15) is 0 Å². The van der Waals surface area contributed by atoms with Crippen LogP contribution in [-0.4, -0.2) is 38.1 Å². The molecule has 3 heteroatoms. The number of nitriles is 1. The summed E-state index contributed by atoms with van der Waals surface area (Å²) in [5.41, 5.74) is -0.172. The molecule has 0 saturated carbocycles. The fourth-order valence-electron chi connectivity index (χ4n) is 1.20. The minimum Gasteiger partial charge on any atom is -0.315 e. The molecule has 0 heterocycles. The summed E-state index contributed by atoms with van der Waals surface area (Å²) in [6.45, 7) is 8.21. The normalized spacial score (nSPS) is 13.9. The van der Waals surface area contributed by atoms with Gasteiger partial charge in [-0.1, -0.05) is 0 Å². The van der Waals surface area contributed by atoms with Crippen LogP contribution in [0.3, 0.4) is 0 Å². The first kappa shape index (κ1) is 14.4. The molecule has 3 nitrogen and oxygen atoms in total. The molecular formula is C12H25N3. The lowest BCUT2D eigenvalue weighted by Crippen LogP contribution is -2.35. The van der Waals surface area contributed by atoms with Gasteiger partial charge in [0.2, 0.25) is 0 Å². The maximum absolute atomic E-state index is 8.83. The largest absolute Gasteiger partial charge is 0.315 e. The molecule has 0 amide bonds. The Balaban J connectivity index is 3.45. The van der Waals surface area contributed by atoms with Crippen LogP contribution in [0.4, 0.5) is 0 Å². The maximum atomic E-state index is 8.83. The van der Waals surface area contributed by atoms with Crippen molar-refractivity contribution in [3.05, 3.63) is 0 Å². The van der Waals surface area contributed by atoms with Crippen molar-refractivity contribution in [2.75, 3.05) is 27.2 Å². The molecule has 0 radical (unpaired) electrons. The lowest BCUT2D eigenvalue weighted by Gasteiger charge is -2.20. The molecule has 0 aliphatic carbocycles. The molecule has 0 aliphatic heterocycles. The Hall–Kier alpha value is -0.590. The highest BCUT2D eigenvalue weighted by atomic mass is 15.1. The SMILES string of the molecule is CC(CNCCCC(C)(C)C#N)N(C)C. The van der Waals surface area contributed by atoms with Crippen molar-refractivity contribution in [1.29, 1.82) is 5.26 Å². The van der Waals surface area contributed by atoms with Gasteiger partial charge in [0.05, 0.1) is 11.5 Å². The van der Waals surface area contributed by atoms with E-state index < -0.39 is 0 Å². The topological polar surface area (TPSA) is 39.1 Å². The summed E-state index contributed by atoms with van der Waals surface area (Å²) in [4.78, 5) is 2.20. The minimum absolute atomic E-state index is 0.172. The van der Waals surface area contributed by atoms with E-state index >= 15 is 0 Å². The zero-order chi connectivity index (χ0) is 11.9. The third-order valence-corrected chi connectivity index (χ3v) is 2.78. The standard InChI is InChI=1S/C12H25N3/c1-11(15(4)5)9-14-8-6-7-12(2,3)10-13/h11,14H,6-9H2,1-5H3. The van der Waals surface area contributed by atoms with Gasteiger partial charge in [-0.2, -0.15) is 5.26 Å². The summed E-state index contributed by atoms with van der Waals surface area (Å²) in [6.07, 6.45) is 2.04. The molecule has 1 unspecified atom stereocenters. The van der Waals surface area contributed by atoms with E-state index in [4.69, 9.17) is 5.26 Å². The van der Waals surface area contributed by atoms with E-state index in [0.29, 0.717) is 6.04 Å². The minimum atomic E-state index is -0.172. The molecule has 1 atom stereocenters. The van der Waals surface area contributed by atoms with Crippen LogP contribution in [-0.2, 0) is 0 Å². The van der Waals surface area contributed by atoms with Crippen LogP contribution < -0.4 is 5.32 Å². The fourth-order valence-corrected chi connectivity index (χ4v) is 1.20. The summed E-state index contributed by atoms with van der Waals surface area (Å²) in [7, 11) is 4.18. The summed E-state index contributed by atoms with van der Waals surface area (Å²) < 4.78 is 0. The molecule has 0 aromatic carbocycles. The summed E-state index contributed by atoms with van der Waals surface area (Å²) in [5.74, 6) is 0. The molecule has 0 bridgehead atoms. The van der Waals surface area contributed by atoms with E-state index in [2.05, 4.69) is 37.3 Å². The first-order chi connectivity index (χ1) is 6.89. The smallest absolute Gasteiger partial charge is 0.0683 e. The average Bonchev–Trinajstić information content (AvgIpc) is 2.16. The maximum Gasteiger partial charge on any atom is 0.0683 e. The summed E-state index contributed by atoms with van der Waals surface area (Å²) in [5, 5.41) is 12.2. The lowest BCUT2D eigenvalue weighted by molar-refractivity contribution is 0.300. The number of likely N-dealkylation sites (N-methyl/N-ethyl adjacent to an activating group) is 1. The molecule has 0 saturated heterocycles. The van der Waals surface area contributed by atoms with Crippen LogP contribution >= 0.6 is 0 Å². The van der Waals surface area contributed by atoms with E-state index in [-0.39, 0.29) is 5.41 Å². The number of hydrogen-bond donors (Lipinski definition) is 1. The lowest BCUT2D eigenvalue weighted by atomic mass is 9.90. The van der Waals surface area contributed by atoms with Gasteiger partial charge >= 0.3 is 0 Å². The zero-order valence-corrected chi connectivity index (χ0v) is 10.8. The second kappa shape index (κ2) is 6.81. The molecule has 0 fully saturated rings. The quantitative estimate of drug-likeness (QED) is 0.653. The Morgan fingerprint density at radius 3 is 2.47 bits per heavy atom. The molecule has 0 aromatic rings. The molecule has 0 aliphatic rings. The second-order valence-corrected chi connectivity index (χ2v) is 5.12. The van der Waals surface area contributed by atoms with Crippen molar-refractivity contribution in [3.8, 4) is 6.07 Å². The van der Waals surface area contributed by atoms with E-state index in [0.717, 1.165) is 25.9 Å². The highest BCUT2D eigenvalue weighted by Crippen LogP contribution is 2.19. The molecule has 1 N–H and O–H groups in total. The van der Waals surface area contributed by atoms with Gasteiger partial charge in [-0.3, -0.25) is 0 Å². The summed E-state index contributed by atoms with van der Waals surface area (Å²) >= 11 is 0. The van der Waals surface area contributed by atoms with Gasteiger partial charge in [-0.15, -0.1) is 0 Å². The van der Waals surface area contributed by atoms with Crippen molar-refractivity contribution in [1.82, 2.24) is 10.2 Å². The van der Waals surface area contributed by atoms with Gasteiger partial charge < -0.3 is 10.2 Å². The fraction of sp³-hybridized carbons (Fsp3) is 0.917. The van der Waals surface area contributed by atoms with Crippen LogP contribution in [0.1, 0.15) is 33.6 Å². The molecule has 15 heavy (non-hydrogen) atoms. The van der Waals surface area contributed by atoms with E-state index in [1.807, 2.05) is 13.8 Å². The van der Waals surface area contributed by atoms with Gasteiger partial charge in [0.25, 0.3) is 0 Å². The molecule has 0 spiro atoms. The zero-order valence-electron chi connectivity index (χ0n) is 10.8. The molecule has 0 rings (SSSR count). The third-order valence-electron chi connectivity index (χ3n) is 2.78. The van der Waals surface area contributed by atoms with Gasteiger partial charge in [0, 0.05) is 12.6 Å². The number of nitrogens with zero attached hydrogens (tertiary/aromatic N) is 2. The predicted molar refractivity (Wildman–Crippen MR) is 64.6 cm³/mol. The van der Waals surface area contributed by atoms with Crippen LogP contribution in [0.2, 0.25) is 0 Å². The van der Waals surface area contributed by atoms with Crippen molar-refractivity contribution < 1.29 is 0 Å². The van der Waals surface area contributed by atoms with E-state index in [9.17, 15) is 0 Å². The highest BCUT2D eigenvalue weighted by Gasteiger charge is 2.15. The molecular weight excluding hydrogens is 186 g/mol. The Labute approximate surface area is 94.5 Å².